The van der Waals surface area contributed by atoms with E-state index in [1.807, 2.05) is 38.1 Å². The van der Waals surface area contributed by atoms with Crippen molar-refractivity contribution >= 4 is 11.9 Å². The van der Waals surface area contributed by atoms with E-state index in [-0.39, 0.29) is 5.69 Å². The number of aliphatic carboxylic acids is 1. The Labute approximate surface area is 134 Å². The van der Waals surface area contributed by atoms with Gasteiger partial charge < -0.3 is 10.4 Å². The fourth-order valence-electron chi connectivity index (χ4n) is 2.24. The van der Waals surface area contributed by atoms with Crippen LogP contribution >= 0.6 is 0 Å². The Kier molecular flexibility index (Phi) is 5.10. The molecule has 1 heterocycles. The van der Waals surface area contributed by atoms with Gasteiger partial charge in [0.05, 0.1) is 11.4 Å². The normalized spacial score (nSPS) is 12.0. The van der Waals surface area contributed by atoms with Crippen LogP contribution in [-0.2, 0) is 4.79 Å². The van der Waals surface area contributed by atoms with Crippen LogP contribution in [0.25, 0.3) is 5.69 Å². The molecule has 7 nitrogen and oxygen atoms in total. The minimum Gasteiger partial charge on any atom is -0.480 e. The quantitative estimate of drug-likeness (QED) is 0.848. The van der Waals surface area contributed by atoms with E-state index in [2.05, 4.69) is 15.6 Å². The first-order valence-corrected chi connectivity index (χ1v) is 7.47. The number of rotatable bonds is 6. The van der Waals surface area contributed by atoms with Gasteiger partial charge in [-0.15, -0.1) is 5.10 Å². The van der Waals surface area contributed by atoms with Gasteiger partial charge in [0, 0.05) is 0 Å². The number of carboxylic acid groups (broad SMARTS) is 1. The van der Waals surface area contributed by atoms with Crippen LogP contribution in [0.1, 0.15) is 41.5 Å². The molecule has 122 valence electrons. The molecule has 0 aliphatic carbocycles. The van der Waals surface area contributed by atoms with Crippen LogP contribution in [-0.4, -0.2) is 38.0 Å². The predicted octanol–water partition coefficient (Wildman–Crippen LogP) is 1.87. The summed E-state index contributed by atoms with van der Waals surface area (Å²) in [5.41, 5.74) is 2.61. The lowest BCUT2D eigenvalue weighted by molar-refractivity contribution is -0.139. The molecule has 0 saturated heterocycles. The molecule has 1 unspecified atom stereocenters. The molecule has 2 N–H and O–H groups in total. The molecular weight excluding hydrogens is 296 g/mol. The van der Waals surface area contributed by atoms with E-state index >= 15 is 0 Å². The second-order valence-corrected chi connectivity index (χ2v) is 5.42. The van der Waals surface area contributed by atoms with Crippen LogP contribution in [0, 0.1) is 13.8 Å². The molecule has 0 bridgehead atoms. The number of aryl methyl sites for hydroxylation is 1. The van der Waals surface area contributed by atoms with E-state index in [0.29, 0.717) is 18.5 Å². The van der Waals surface area contributed by atoms with E-state index < -0.39 is 17.9 Å². The number of hydrogen-bond acceptors (Lipinski definition) is 4. The largest absolute Gasteiger partial charge is 0.480 e. The first-order valence-electron chi connectivity index (χ1n) is 7.47. The number of aromatic nitrogens is 3. The Bertz CT molecular complexity index is 707. The first kappa shape index (κ1) is 16.7. The highest BCUT2D eigenvalue weighted by Gasteiger charge is 2.23. The Hall–Kier alpha value is -2.70. The van der Waals surface area contributed by atoms with Gasteiger partial charge in [-0.2, -0.15) is 0 Å². The molecule has 0 aliphatic rings. The fraction of sp³-hybridized carbons (Fsp3) is 0.375. The van der Waals surface area contributed by atoms with Gasteiger partial charge >= 0.3 is 5.97 Å². The topological polar surface area (TPSA) is 97.1 Å². The molecule has 1 atom stereocenters. The zero-order valence-corrected chi connectivity index (χ0v) is 13.4. The zero-order chi connectivity index (χ0) is 17.0. The molecule has 2 aromatic rings. The summed E-state index contributed by atoms with van der Waals surface area (Å²) in [5.74, 6) is -1.58. The van der Waals surface area contributed by atoms with Gasteiger partial charge in [0.1, 0.15) is 6.04 Å². The molecule has 1 aromatic heterocycles. The van der Waals surface area contributed by atoms with Crippen molar-refractivity contribution < 1.29 is 14.7 Å². The van der Waals surface area contributed by atoms with Crippen LogP contribution in [0.4, 0.5) is 0 Å². The number of benzene rings is 1. The van der Waals surface area contributed by atoms with Crippen molar-refractivity contribution in [3.05, 3.63) is 41.2 Å². The van der Waals surface area contributed by atoms with E-state index in [0.717, 1.165) is 11.3 Å². The maximum atomic E-state index is 12.3. The lowest BCUT2D eigenvalue weighted by Crippen LogP contribution is -2.41. The number of hydrogen-bond donors (Lipinski definition) is 2. The van der Waals surface area contributed by atoms with Gasteiger partial charge in [0.2, 0.25) is 0 Å². The predicted molar refractivity (Wildman–Crippen MR) is 84.6 cm³/mol. The van der Waals surface area contributed by atoms with E-state index in [1.165, 1.54) is 0 Å². The molecule has 1 aromatic carbocycles. The smallest absolute Gasteiger partial charge is 0.326 e. The number of carboxylic acids is 1. The summed E-state index contributed by atoms with van der Waals surface area (Å²) in [4.78, 5) is 23.4. The van der Waals surface area contributed by atoms with Gasteiger partial charge in [-0.25, -0.2) is 9.48 Å². The van der Waals surface area contributed by atoms with Crippen molar-refractivity contribution in [1.29, 1.82) is 0 Å². The average Bonchev–Trinajstić information content (AvgIpc) is 2.89. The molecular formula is C16H20N4O3. The molecule has 0 fully saturated rings. The summed E-state index contributed by atoms with van der Waals surface area (Å²) < 4.78 is 1.56. The van der Waals surface area contributed by atoms with E-state index in [1.54, 1.807) is 11.6 Å². The summed E-state index contributed by atoms with van der Waals surface area (Å²) in [6.45, 7) is 5.57. The van der Waals surface area contributed by atoms with Crippen molar-refractivity contribution in [1.82, 2.24) is 20.3 Å². The number of carbonyl (C=O) groups excluding carboxylic acids is 1. The summed E-state index contributed by atoms with van der Waals surface area (Å²) >= 11 is 0. The second kappa shape index (κ2) is 7.04. The van der Waals surface area contributed by atoms with Crippen molar-refractivity contribution in [2.24, 2.45) is 0 Å². The van der Waals surface area contributed by atoms with Crippen LogP contribution < -0.4 is 5.32 Å². The second-order valence-electron chi connectivity index (χ2n) is 5.42. The minimum atomic E-state index is -1.05. The van der Waals surface area contributed by atoms with Crippen LogP contribution in [0.15, 0.2) is 24.3 Å². The van der Waals surface area contributed by atoms with Crippen molar-refractivity contribution in [2.45, 2.75) is 39.7 Å². The highest BCUT2D eigenvalue weighted by molar-refractivity contribution is 5.95. The standard InChI is InChI=1S/C16H20N4O3/c1-4-5-13(16(22)23)17-15(21)14-11(3)20(19-18-14)12-8-6-10(2)7-9-12/h6-9,13H,4-5H2,1-3H3,(H,17,21)(H,22,23). The lowest BCUT2D eigenvalue weighted by Gasteiger charge is -2.12. The molecule has 1 amide bonds. The molecule has 0 spiro atoms. The van der Waals surface area contributed by atoms with E-state index in [9.17, 15) is 9.59 Å². The van der Waals surface area contributed by atoms with Gasteiger partial charge in [-0.3, -0.25) is 4.79 Å². The summed E-state index contributed by atoms with van der Waals surface area (Å²) in [7, 11) is 0. The minimum absolute atomic E-state index is 0.132. The number of amides is 1. The lowest BCUT2D eigenvalue weighted by atomic mass is 10.1. The monoisotopic (exact) mass is 316 g/mol. The average molecular weight is 316 g/mol. The van der Waals surface area contributed by atoms with Crippen molar-refractivity contribution in [2.75, 3.05) is 0 Å². The van der Waals surface area contributed by atoms with Gasteiger partial charge in [0.15, 0.2) is 5.69 Å². The maximum Gasteiger partial charge on any atom is 0.326 e. The Morgan fingerprint density at radius 3 is 2.48 bits per heavy atom. The zero-order valence-electron chi connectivity index (χ0n) is 13.4. The van der Waals surface area contributed by atoms with Crippen LogP contribution in [0.2, 0.25) is 0 Å². The number of nitrogens with zero attached hydrogens (tertiary/aromatic N) is 3. The molecule has 2 rings (SSSR count). The van der Waals surface area contributed by atoms with E-state index in [4.69, 9.17) is 5.11 Å². The number of nitrogens with one attached hydrogen (secondary N) is 1. The SMILES string of the molecule is CCCC(NC(=O)c1nnn(-c2ccc(C)cc2)c1C)C(=O)O. The van der Waals surface area contributed by atoms with Gasteiger partial charge in [-0.1, -0.05) is 36.3 Å². The van der Waals surface area contributed by atoms with Crippen molar-refractivity contribution in [3.8, 4) is 5.69 Å². The third-order valence-corrected chi connectivity index (χ3v) is 3.57. The van der Waals surface area contributed by atoms with Crippen LogP contribution in [0.3, 0.4) is 0 Å². The first-order chi connectivity index (χ1) is 10.9. The van der Waals surface area contributed by atoms with Crippen molar-refractivity contribution in [3.63, 3.8) is 0 Å². The van der Waals surface area contributed by atoms with Gasteiger partial charge in [-0.05, 0) is 32.4 Å². The Balaban J connectivity index is 2.22. The Morgan fingerprint density at radius 2 is 1.91 bits per heavy atom. The highest BCUT2D eigenvalue weighted by atomic mass is 16.4. The summed E-state index contributed by atoms with van der Waals surface area (Å²) in [5, 5.41) is 19.5. The number of carbonyl (C=O) groups is 2. The molecule has 7 heteroatoms. The highest BCUT2D eigenvalue weighted by Crippen LogP contribution is 2.13. The molecule has 23 heavy (non-hydrogen) atoms. The molecule has 0 radical (unpaired) electrons. The summed E-state index contributed by atoms with van der Waals surface area (Å²) in [6, 6.07) is 6.73. The summed E-state index contributed by atoms with van der Waals surface area (Å²) in [6.07, 6.45) is 1.03. The van der Waals surface area contributed by atoms with Crippen LogP contribution in [0.5, 0.6) is 0 Å². The van der Waals surface area contributed by atoms with Gasteiger partial charge in [0.25, 0.3) is 5.91 Å². The fourth-order valence-corrected chi connectivity index (χ4v) is 2.24. The third kappa shape index (κ3) is 3.74. The molecule has 0 aliphatic heterocycles. The maximum absolute atomic E-state index is 12.3. The third-order valence-electron chi connectivity index (χ3n) is 3.57. The Morgan fingerprint density at radius 1 is 1.26 bits per heavy atom. The molecule has 0 saturated carbocycles.